The maximum absolute atomic E-state index is 14.3. The number of benzene rings is 3. The molecule has 0 unspecified atom stereocenters. The van der Waals surface area contributed by atoms with Crippen molar-refractivity contribution in [1.82, 2.24) is 0 Å². The highest BCUT2D eigenvalue weighted by atomic mass is 19.1. The van der Waals surface area contributed by atoms with Gasteiger partial charge in [-0.15, -0.1) is 13.2 Å². The maximum Gasteiger partial charge on any atom is 0.127 e. The molecule has 0 radical (unpaired) electrons. The van der Waals surface area contributed by atoms with E-state index >= 15 is 0 Å². The van der Waals surface area contributed by atoms with Gasteiger partial charge in [-0.3, -0.25) is 0 Å². The first-order valence-electron chi connectivity index (χ1n) is 10.1. The van der Waals surface area contributed by atoms with E-state index < -0.39 is 0 Å². The Morgan fingerprint density at radius 1 is 0.700 bits per heavy atom. The number of ether oxygens (including phenoxy) is 1. The lowest BCUT2D eigenvalue weighted by Crippen LogP contribution is -1.98. The second kappa shape index (κ2) is 10.5. The van der Waals surface area contributed by atoms with E-state index in [4.69, 9.17) is 4.74 Å². The second-order valence-corrected chi connectivity index (χ2v) is 7.20. The first-order valence-corrected chi connectivity index (χ1v) is 10.1. The van der Waals surface area contributed by atoms with Gasteiger partial charge in [0.25, 0.3) is 0 Å². The Morgan fingerprint density at radius 2 is 1.27 bits per heavy atom. The first kappa shape index (κ1) is 21.5. The number of rotatable bonds is 10. The summed E-state index contributed by atoms with van der Waals surface area (Å²) in [5.74, 6) is 0.262. The predicted octanol–water partition coefficient (Wildman–Crippen LogP) is 7.45. The molecule has 0 fully saturated rings. The van der Waals surface area contributed by atoms with Gasteiger partial charge in [-0.05, 0) is 77.8 Å². The molecule has 0 amide bonds. The largest absolute Gasteiger partial charge is 0.489 e. The lowest BCUT2D eigenvalue weighted by atomic mass is 10.0. The Kier molecular flexibility index (Phi) is 7.56. The summed E-state index contributed by atoms with van der Waals surface area (Å²) in [5.41, 5.74) is 3.89. The number of hydrogen-bond donors (Lipinski definition) is 0. The normalized spacial score (nSPS) is 10.6. The summed E-state index contributed by atoms with van der Waals surface area (Å²) >= 11 is 0. The van der Waals surface area contributed by atoms with Gasteiger partial charge in [0.05, 0.1) is 0 Å². The van der Waals surface area contributed by atoms with Gasteiger partial charge in [0.2, 0.25) is 0 Å². The van der Waals surface area contributed by atoms with E-state index in [9.17, 15) is 8.78 Å². The third kappa shape index (κ3) is 5.66. The predicted molar refractivity (Wildman–Crippen MR) is 120 cm³/mol. The second-order valence-electron chi connectivity index (χ2n) is 7.20. The standard InChI is InChI=1S/C27H26F2O/c1-3-5-7-22-10-9-20(17-26(22)28)19-30-25-15-13-21(14-16-25)24-12-11-23(8-6-4-2)27(29)18-24/h3-4,9-18H,1-2,5-8,19H2. The summed E-state index contributed by atoms with van der Waals surface area (Å²) in [6.45, 7) is 7.62. The number of allylic oxidation sites excluding steroid dienone is 2. The maximum atomic E-state index is 14.3. The van der Waals surface area contributed by atoms with Crippen LogP contribution in [0.25, 0.3) is 11.1 Å². The van der Waals surface area contributed by atoms with Gasteiger partial charge >= 0.3 is 0 Å². The number of halogens is 2. The molecule has 3 rings (SSSR count). The van der Waals surface area contributed by atoms with Crippen molar-refractivity contribution < 1.29 is 13.5 Å². The quantitative estimate of drug-likeness (QED) is 0.319. The van der Waals surface area contributed by atoms with Crippen molar-refractivity contribution in [3.05, 3.63) is 114 Å². The lowest BCUT2D eigenvalue weighted by Gasteiger charge is -2.10. The van der Waals surface area contributed by atoms with Crippen LogP contribution in [0.15, 0.2) is 86.0 Å². The minimum absolute atomic E-state index is 0.201. The van der Waals surface area contributed by atoms with E-state index in [1.807, 2.05) is 42.5 Å². The zero-order valence-electron chi connectivity index (χ0n) is 17.0. The molecule has 0 aliphatic heterocycles. The molecule has 0 N–H and O–H groups in total. The Balaban J connectivity index is 1.62. The average Bonchev–Trinajstić information content (AvgIpc) is 2.76. The fourth-order valence-corrected chi connectivity index (χ4v) is 3.24. The summed E-state index contributed by atoms with van der Waals surface area (Å²) < 4.78 is 34.2. The van der Waals surface area contributed by atoms with Crippen LogP contribution in [-0.4, -0.2) is 0 Å². The highest BCUT2D eigenvalue weighted by Gasteiger charge is 2.07. The Morgan fingerprint density at radius 3 is 1.83 bits per heavy atom. The van der Waals surface area contributed by atoms with Crippen LogP contribution in [0.3, 0.4) is 0 Å². The zero-order valence-corrected chi connectivity index (χ0v) is 17.0. The van der Waals surface area contributed by atoms with Gasteiger partial charge in [0.15, 0.2) is 0 Å². The van der Waals surface area contributed by atoms with Crippen LogP contribution in [-0.2, 0) is 19.4 Å². The molecule has 0 saturated carbocycles. The van der Waals surface area contributed by atoms with Crippen molar-refractivity contribution >= 4 is 0 Å². The zero-order chi connectivity index (χ0) is 21.3. The third-order valence-electron chi connectivity index (χ3n) is 5.00. The molecule has 3 heteroatoms. The molecule has 3 aromatic carbocycles. The van der Waals surface area contributed by atoms with Crippen molar-refractivity contribution in [3.63, 3.8) is 0 Å². The van der Waals surface area contributed by atoms with E-state index in [0.29, 0.717) is 29.7 Å². The van der Waals surface area contributed by atoms with E-state index in [0.717, 1.165) is 29.5 Å². The molecule has 0 atom stereocenters. The van der Waals surface area contributed by atoms with Crippen molar-refractivity contribution in [2.45, 2.75) is 32.3 Å². The Bertz CT molecular complexity index is 1010. The van der Waals surface area contributed by atoms with Gasteiger partial charge in [-0.1, -0.05) is 48.6 Å². The van der Waals surface area contributed by atoms with Crippen LogP contribution >= 0.6 is 0 Å². The summed E-state index contributed by atoms with van der Waals surface area (Å²) in [6, 6.07) is 18.0. The van der Waals surface area contributed by atoms with E-state index in [1.54, 1.807) is 24.3 Å². The third-order valence-corrected chi connectivity index (χ3v) is 5.00. The molecular formula is C27H26F2O. The molecule has 0 aromatic heterocycles. The molecule has 0 bridgehead atoms. The molecule has 0 aliphatic carbocycles. The summed E-state index contributed by atoms with van der Waals surface area (Å²) in [4.78, 5) is 0. The van der Waals surface area contributed by atoms with Crippen LogP contribution in [0.5, 0.6) is 5.75 Å². The van der Waals surface area contributed by atoms with Gasteiger partial charge in [-0.25, -0.2) is 8.78 Å². The van der Waals surface area contributed by atoms with Crippen molar-refractivity contribution in [1.29, 1.82) is 0 Å². The molecule has 0 aliphatic rings. The minimum atomic E-state index is -0.216. The molecule has 3 aromatic rings. The fraction of sp³-hybridized carbons (Fsp3) is 0.185. The van der Waals surface area contributed by atoms with Crippen LogP contribution < -0.4 is 4.74 Å². The molecular weight excluding hydrogens is 378 g/mol. The summed E-state index contributed by atoms with van der Waals surface area (Å²) in [7, 11) is 0. The molecule has 154 valence electrons. The fourth-order valence-electron chi connectivity index (χ4n) is 3.24. The Hall–Kier alpha value is -3.20. The first-order chi connectivity index (χ1) is 14.6. The molecule has 0 heterocycles. The van der Waals surface area contributed by atoms with E-state index in [1.165, 1.54) is 6.07 Å². The Labute approximate surface area is 177 Å². The summed E-state index contributed by atoms with van der Waals surface area (Å²) in [5, 5.41) is 0. The summed E-state index contributed by atoms with van der Waals surface area (Å²) in [6.07, 6.45) is 6.37. The van der Waals surface area contributed by atoms with Crippen molar-refractivity contribution in [3.8, 4) is 16.9 Å². The molecule has 1 nitrogen and oxygen atoms in total. The van der Waals surface area contributed by atoms with Gasteiger partial charge in [-0.2, -0.15) is 0 Å². The SMILES string of the molecule is C=CCCc1ccc(COc2ccc(-c3ccc(CCC=C)c(F)c3)cc2)cc1F. The van der Waals surface area contributed by atoms with Gasteiger partial charge < -0.3 is 4.74 Å². The van der Waals surface area contributed by atoms with Crippen LogP contribution in [0.1, 0.15) is 29.5 Å². The average molecular weight is 405 g/mol. The van der Waals surface area contributed by atoms with Crippen LogP contribution in [0.4, 0.5) is 8.78 Å². The lowest BCUT2D eigenvalue weighted by molar-refractivity contribution is 0.305. The monoisotopic (exact) mass is 404 g/mol. The number of hydrogen-bond acceptors (Lipinski definition) is 1. The highest BCUT2D eigenvalue weighted by molar-refractivity contribution is 5.64. The van der Waals surface area contributed by atoms with Gasteiger partial charge in [0.1, 0.15) is 24.0 Å². The minimum Gasteiger partial charge on any atom is -0.489 e. The van der Waals surface area contributed by atoms with Crippen LogP contribution in [0.2, 0.25) is 0 Å². The smallest absolute Gasteiger partial charge is 0.127 e. The topological polar surface area (TPSA) is 9.23 Å². The molecule has 30 heavy (non-hydrogen) atoms. The van der Waals surface area contributed by atoms with Crippen LogP contribution in [0, 0.1) is 11.6 Å². The van der Waals surface area contributed by atoms with Crippen molar-refractivity contribution in [2.75, 3.05) is 0 Å². The van der Waals surface area contributed by atoms with Gasteiger partial charge in [0, 0.05) is 0 Å². The highest BCUT2D eigenvalue weighted by Crippen LogP contribution is 2.25. The van der Waals surface area contributed by atoms with E-state index in [2.05, 4.69) is 13.2 Å². The number of aryl methyl sites for hydroxylation is 2. The molecule has 0 saturated heterocycles. The molecule has 0 spiro atoms. The van der Waals surface area contributed by atoms with Crippen molar-refractivity contribution in [2.24, 2.45) is 0 Å². The van der Waals surface area contributed by atoms with E-state index in [-0.39, 0.29) is 18.2 Å².